The van der Waals surface area contributed by atoms with Gasteiger partial charge in [-0.25, -0.2) is 8.42 Å². The minimum atomic E-state index is -3.12. The lowest BCUT2D eigenvalue weighted by atomic mass is 9.75. The molecule has 7 heteroatoms. The first kappa shape index (κ1) is 23.9. The van der Waals surface area contributed by atoms with Gasteiger partial charge >= 0.3 is 0 Å². The molecule has 5 nitrogen and oxygen atoms in total. The molecule has 1 rings (SSSR count). The quantitative estimate of drug-likeness (QED) is 0.365. The van der Waals surface area contributed by atoms with Gasteiger partial charge in [0.25, 0.3) is 0 Å². The number of aliphatic imine (C=N–C) groups is 1. The number of halogens is 1. The highest BCUT2D eigenvalue weighted by molar-refractivity contribution is 14.0. The van der Waals surface area contributed by atoms with Crippen molar-refractivity contribution in [2.45, 2.75) is 78.0 Å². The van der Waals surface area contributed by atoms with E-state index in [-0.39, 0.29) is 29.7 Å². The van der Waals surface area contributed by atoms with Gasteiger partial charge < -0.3 is 10.6 Å². The third-order valence-corrected chi connectivity index (χ3v) is 7.17. The van der Waals surface area contributed by atoms with Crippen LogP contribution in [0.2, 0.25) is 0 Å². The number of hydrogen-bond donors (Lipinski definition) is 2. The van der Waals surface area contributed by atoms with Crippen LogP contribution in [0.15, 0.2) is 4.99 Å². The number of rotatable bonds is 5. The van der Waals surface area contributed by atoms with E-state index in [9.17, 15) is 8.42 Å². The Labute approximate surface area is 165 Å². The molecule has 0 unspecified atom stereocenters. The average Bonchev–Trinajstić information content (AvgIpc) is 2.40. The SMILES string of the molecule is CCNC(=NCCS(=O)(=O)C(C)(C)C)NC1CCC(C)(C)CC1.I. The van der Waals surface area contributed by atoms with E-state index < -0.39 is 14.6 Å². The van der Waals surface area contributed by atoms with Crippen LogP contribution in [-0.4, -0.2) is 44.0 Å². The van der Waals surface area contributed by atoms with Crippen molar-refractivity contribution in [3.63, 3.8) is 0 Å². The first-order chi connectivity index (χ1) is 10.5. The molecule has 0 heterocycles. The van der Waals surface area contributed by atoms with Crippen LogP contribution in [0.25, 0.3) is 0 Å². The smallest absolute Gasteiger partial charge is 0.191 e. The maximum atomic E-state index is 12.1. The fourth-order valence-electron chi connectivity index (χ4n) is 2.64. The van der Waals surface area contributed by atoms with Gasteiger partial charge in [-0.15, -0.1) is 24.0 Å². The predicted octanol–water partition coefficient (Wildman–Crippen LogP) is 3.34. The lowest BCUT2D eigenvalue weighted by molar-refractivity contribution is 0.216. The first-order valence-electron chi connectivity index (χ1n) is 8.74. The lowest BCUT2D eigenvalue weighted by Gasteiger charge is -2.35. The maximum Gasteiger partial charge on any atom is 0.191 e. The number of nitrogens with one attached hydrogen (secondary N) is 2. The van der Waals surface area contributed by atoms with Crippen molar-refractivity contribution >= 4 is 39.8 Å². The van der Waals surface area contributed by atoms with Crippen LogP contribution in [0, 0.1) is 5.41 Å². The fraction of sp³-hybridized carbons (Fsp3) is 0.941. The number of nitrogens with zero attached hydrogens (tertiary/aromatic N) is 1. The minimum absolute atomic E-state index is 0. The third kappa shape index (κ3) is 7.89. The summed E-state index contributed by atoms with van der Waals surface area (Å²) in [6, 6.07) is 0.431. The van der Waals surface area contributed by atoms with Crippen LogP contribution in [0.3, 0.4) is 0 Å². The molecule has 1 aliphatic rings. The molecule has 0 amide bonds. The molecule has 1 fully saturated rings. The van der Waals surface area contributed by atoms with E-state index in [0.29, 0.717) is 18.0 Å². The zero-order valence-corrected chi connectivity index (χ0v) is 19.3. The van der Waals surface area contributed by atoms with Crippen LogP contribution in [0.1, 0.15) is 67.2 Å². The number of guanidine groups is 1. The molecule has 0 aromatic heterocycles. The molecule has 0 spiro atoms. The summed E-state index contributed by atoms with van der Waals surface area (Å²) in [5.74, 6) is 0.825. The molecule has 0 bridgehead atoms. The summed E-state index contributed by atoms with van der Waals surface area (Å²) in [6.07, 6.45) is 4.69. The fourth-order valence-corrected chi connectivity index (χ4v) is 3.58. The Hall–Kier alpha value is -0.0500. The summed E-state index contributed by atoms with van der Waals surface area (Å²) >= 11 is 0. The molecule has 0 aliphatic heterocycles. The second kappa shape index (κ2) is 9.59. The molecule has 144 valence electrons. The molecule has 0 aromatic rings. The van der Waals surface area contributed by atoms with Crippen molar-refractivity contribution < 1.29 is 8.42 Å². The third-order valence-electron chi connectivity index (χ3n) is 4.59. The van der Waals surface area contributed by atoms with E-state index in [0.717, 1.165) is 25.3 Å². The summed E-state index contributed by atoms with van der Waals surface area (Å²) in [7, 11) is -3.12. The van der Waals surface area contributed by atoms with E-state index >= 15 is 0 Å². The van der Waals surface area contributed by atoms with Crippen molar-refractivity contribution in [2.75, 3.05) is 18.8 Å². The van der Waals surface area contributed by atoms with Crippen molar-refractivity contribution in [3.8, 4) is 0 Å². The predicted molar refractivity (Wildman–Crippen MR) is 114 cm³/mol. The maximum absolute atomic E-state index is 12.1. The Morgan fingerprint density at radius 2 is 1.75 bits per heavy atom. The Balaban J connectivity index is 0.00000529. The summed E-state index contributed by atoms with van der Waals surface area (Å²) in [4.78, 5) is 4.46. The lowest BCUT2D eigenvalue weighted by Crippen LogP contribution is -2.46. The van der Waals surface area contributed by atoms with Gasteiger partial charge in [0.1, 0.15) is 0 Å². The van der Waals surface area contributed by atoms with Crippen LogP contribution in [-0.2, 0) is 9.84 Å². The standard InChI is InChI=1S/C17H35N3O2S.HI/c1-7-18-15(19-12-13-23(21,22)16(2,3)4)20-14-8-10-17(5,6)11-9-14;/h14H,7-13H2,1-6H3,(H2,18,19,20);1H. The highest BCUT2D eigenvalue weighted by atomic mass is 127. The van der Waals surface area contributed by atoms with Crippen molar-refractivity contribution in [2.24, 2.45) is 10.4 Å². The largest absolute Gasteiger partial charge is 0.357 e. The normalized spacial score (nSPS) is 19.5. The average molecular weight is 473 g/mol. The molecule has 24 heavy (non-hydrogen) atoms. The Morgan fingerprint density at radius 1 is 1.21 bits per heavy atom. The molecule has 0 atom stereocenters. The highest BCUT2D eigenvalue weighted by Crippen LogP contribution is 2.34. The van der Waals surface area contributed by atoms with Crippen LogP contribution >= 0.6 is 24.0 Å². The Kier molecular flexibility index (Phi) is 9.57. The van der Waals surface area contributed by atoms with Gasteiger partial charge in [-0.1, -0.05) is 13.8 Å². The highest BCUT2D eigenvalue weighted by Gasteiger charge is 2.29. The second-order valence-electron chi connectivity index (χ2n) is 8.27. The zero-order valence-electron chi connectivity index (χ0n) is 16.1. The zero-order chi connectivity index (χ0) is 17.7. The molecule has 2 N–H and O–H groups in total. The molecular formula is C17H36IN3O2S. The van der Waals surface area contributed by atoms with Gasteiger partial charge in [0, 0.05) is 12.6 Å². The molecule has 1 saturated carbocycles. The summed E-state index contributed by atoms with van der Waals surface area (Å²) in [5.41, 5.74) is 0.439. The monoisotopic (exact) mass is 473 g/mol. The van der Waals surface area contributed by atoms with Crippen molar-refractivity contribution in [1.82, 2.24) is 10.6 Å². The van der Waals surface area contributed by atoms with Gasteiger partial charge in [0.05, 0.1) is 17.0 Å². The van der Waals surface area contributed by atoms with Crippen LogP contribution in [0.4, 0.5) is 0 Å². The van der Waals surface area contributed by atoms with Gasteiger partial charge in [0.15, 0.2) is 15.8 Å². The van der Waals surface area contributed by atoms with Crippen LogP contribution < -0.4 is 10.6 Å². The molecule has 1 aliphatic carbocycles. The summed E-state index contributed by atoms with van der Waals surface area (Å²) < 4.78 is 23.6. The molecular weight excluding hydrogens is 437 g/mol. The summed E-state index contributed by atoms with van der Waals surface area (Å²) in [6.45, 7) is 12.9. The van der Waals surface area contributed by atoms with Gasteiger partial charge in [-0.2, -0.15) is 0 Å². The van der Waals surface area contributed by atoms with E-state index in [2.05, 4.69) is 29.5 Å². The van der Waals surface area contributed by atoms with Crippen molar-refractivity contribution in [3.05, 3.63) is 0 Å². The van der Waals surface area contributed by atoms with Gasteiger partial charge in [0.2, 0.25) is 0 Å². The molecule has 0 radical (unpaired) electrons. The van der Waals surface area contributed by atoms with E-state index in [1.54, 1.807) is 20.8 Å². The van der Waals surface area contributed by atoms with Gasteiger partial charge in [-0.05, 0) is 58.8 Å². The topological polar surface area (TPSA) is 70.6 Å². The number of sulfone groups is 1. The van der Waals surface area contributed by atoms with Gasteiger partial charge in [-0.3, -0.25) is 4.99 Å². The van der Waals surface area contributed by atoms with Crippen LogP contribution in [0.5, 0.6) is 0 Å². The van der Waals surface area contributed by atoms with E-state index in [1.807, 2.05) is 6.92 Å². The minimum Gasteiger partial charge on any atom is -0.357 e. The second-order valence-corrected chi connectivity index (χ2v) is 11.1. The van der Waals surface area contributed by atoms with E-state index in [1.165, 1.54) is 12.8 Å². The molecule has 0 aromatic carbocycles. The Bertz CT molecular complexity index is 500. The number of hydrogen-bond acceptors (Lipinski definition) is 3. The summed E-state index contributed by atoms with van der Waals surface area (Å²) in [5, 5.41) is 6.68. The van der Waals surface area contributed by atoms with E-state index in [4.69, 9.17) is 0 Å². The van der Waals surface area contributed by atoms with Crippen molar-refractivity contribution in [1.29, 1.82) is 0 Å². The molecule has 0 saturated heterocycles. The Morgan fingerprint density at radius 3 is 2.21 bits per heavy atom. The first-order valence-corrected chi connectivity index (χ1v) is 10.4.